The molecule has 0 radical (unpaired) electrons. The van der Waals surface area contributed by atoms with E-state index in [-0.39, 0.29) is 0 Å². The zero-order valence-electron chi connectivity index (χ0n) is 8.78. The Hall–Kier alpha value is -1.29. The van der Waals surface area contributed by atoms with Gasteiger partial charge < -0.3 is 9.67 Å². The number of fused-ring (bicyclic) bond motifs is 1. The van der Waals surface area contributed by atoms with Crippen LogP contribution < -0.4 is 0 Å². The van der Waals surface area contributed by atoms with Gasteiger partial charge in [-0.3, -0.25) is 0 Å². The average molecular weight is 223 g/mol. The van der Waals surface area contributed by atoms with Gasteiger partial charge in [0.05, 0.1) is 0 Å². The fourth-order valence-corrected chi connectivity index (χ4v) is 2.93. The van der Waals surface area contributed by atoms with Crippen molar-refractivity contribution < 1.29 is 9.90 Å². The number of aromatic nitrogens is 1. The van der Waals surface area contributed by atoms with Crippen LogP contribution in [0.3, 0.4) is 0 Å². The molecule has 0 aliphatic heterocycles. The molecule has 0 saturated heterocycles. The summed E-state index contributed by atoms with van der Waals surface area (Å²) >= 11 is 1.61. The smallest absolute Gasteiger partial charge is 0.352 e. The summed E-state index contributed by atoms with van der Waals surface area (Å²) in [5.41, 5.74) is 1.32. The van der Waals surface area contributed by atoms with Gasteiger partial charge in [0.1, 0.15) is 10.5 Å². The first-order chi connectivity index (χ1) is 7.16. The Morgan fingerprint density at radius 2 is 2.33 bits per heavy atom. The molecule has 0 aliphatic rings. The van der Waals surface area contributed by atoms with Gasteiger partial charge in [-0.25, -0.2) is 4.79 Å². The lowest BCUT2D eigenvalue weighted by Crippen LogP contribution is -2.09. The number of hydrogen-bond donors (Lipinski definition) is 1. The lowest BCUT2D eigenvalue weighted by molar-refractivity contribution is 0.0685. The Morgan fingerprint density at radius 3 is 2.93 bits per heavy atom. The van der Waals surface area contributed by atoms with E-state index in [1.54, 1.807) is 11.3 Å². The van der Waals surface area contributed by atoms with E-state index < -0.39 is 5.97 Å². The molecule has 2 aromatic heterocycles. The Morgan fingerprint density at radius 1 is 1.60 bits per heavy atom. The van der Waals surface area contributed by atoms with Crippen LogP contribution in [-0.2, 0) is 6.54 Å². The maximum atomic E-state index is 11.2. The predicted molar refractivity (Wildman–Crippen MR) is 61.8 cm³/mol. The number of carboxylic acid groups (broad SMARTS) is 1. The highest BCUT2D eigenvalue weighted by Crippen LogP contribution is 2.30. The summed E-state index contributed by atoms with van der Waals surface area (Å²) in [6.45, 7) is 4.71. The minimum atomic E-state index is -0.829. The maximum Gasteiger partial charge on any atom is 0.352 e. The Balaban J connectivity index is 2.75. The molecule has 0 aromatic carbocycles. The Bertz CT molecular complexity index is 510. The molecule has 0 amide bonds. The molecule has 0 unspecified atom stereocenters. The van der Waals surface area contributed by atoms with Gasteiger partial charge in [0.2, 0.25) is 0 Å². The van der Waals surface area contributed by atoms with Gasteiger partial charge in [0, 0.05) is 11.9 Å². The summed E-state index contributed by atoms with van der Waals surface area (Å²) in [7, 11) is 0. The van der Waals surface area contributed by atoms with Gasteiger partial charge >= 0.3 is 5.97 Å². The van der Waals surface area contributed by atoms with E-state index in [0.717, 1.165) is 28.7 Å². The van der Waals surface area contributed by atoms with E-state index in [1.165, 1.54) is 0 Å². The van der Waals surface area contributed by atoms with Crippen molar-refractivity contribution in [2.45, 2.75) is 26.8 Å². The summed E-state index contributed by atoms with van der Waals surface area (Å²) in [6, 6.07) is 1.99. The van der Waals surface area contributed by atoms with Crippen LogP contribution in [-0.4, -0.2) is 15.6 Å². The minimum Gasteiger partial charge on any atom is -0.477 e. The van der Waals surface area contributed by atoms with Crippen molar-refractivity contribution >= 4 is 27.5 Å². The molecule has 2 aromatic rings. The molecule has 0 spiro atoms. The number of thiophene rings is 1. The number of aryl methyl sites for hydroxylation is 2. The topological polar surface area (TPSA) is 42.2 Å². The van der Waals surface area contributed by atoms with Crippen LogP contribution in [0.25, 0.3) is 10.2 Å². The number of hydrogen-bond acceptors (Lipinski definition) is 2. The van der Waals surface area contributed by atoms with Crippen molar-refractivity contribution in [2.24, 2.45) is 0 Å². The van der Waals surface area contributed by atoms with Gasteiger partial charge in [-0.2, -0.15) is 0 Å². The highest BCUT2D eigenvalue weighted by Gasteiger charge is 2.19. The monoisotopic (exact) mass is 223 g/mol. The predicted octanol–water partition coefficient (Wildman–Crippen LogP) is 3.12. The molecule has 15 heavy (non-hydrogen) atoms. The van der Waals surface area contributed by atoms with E-state index in [4.69, 9.17) is 0 Å². The number of carboxylic acids is 1. The second kappa shape index (κ2) is 3.70. The first-order valence-electron chi connectivity index (χ1n) is 4.96. The molecule has 3 nitrogen and oxygen atoms in total. The minimum absolute atomic E-state index is 0.443. The summed E-state index contributed by atoms with van der Waals surface area (Å²) in [4.78, 5) is 12.2. The number of aromatic carboxylic acids is 1. The van der Waals surface area contributed by atoms with E-state index >= 15 is 0 Å². The fraction of sp³-hybridized carbons (Fsp3) is 0.364. The van der Waals surface area contributed by atoms with Crippen molar-refractivity contribution in [1.82, 2.24) is 4.57 Å². The third kappa shape index (κ3) is 1.45. The highest BCUT2D eigenvalue weighted by atomic mass is 32.1. The van der Waals surface area contributed by atoms with Gasteiger partial charge in [0.15, 0.2) is 0 Å². The highest BCUT2D eigenvalue weighted by molar-refractivity contribution is 7.16. The Kier molecular flexibility index (Phi) is 2.52. The van der Waals surface area contributed by atoms with Crippen LogP contribution in [0.4, 0.5) is 0 Å². The van der Waals surface area contributed by atoms with Crippen LogP contribution in [0.15, 0.2) is 11.4 Å². The Labute approximate surface area is 92.0 Å². The molecule has 0 saturated carbocycles. The van der Waals surface area contributed by atoms with Crippen molar-refractivity contribution in [3.63, 3.8) is 0 Å². The summed E-state index contributed by atoms with van der Waals surface area (Å²) in [5.74, 6) is -0.829. The summed E-state index contributed by atoms with van der Waals surface area (Å²) < 4.78 is 1.91. The molecule has 4 heteroatoms. The van der Waals surface area contributed by atoms with Crippen LogP contribution in [0.1, 0.15) is 29.4 Å². The second-order valence-electron chi connectivity index (χ2n) is 3.57. The van der Waals surface area contributed by atoms with Gasteiger partial charge in [-0.15, -0.1) is 11.3 Å². The number of carbonyl (C=O) groups is 1. The molecule has 2 heterocycles. The lowest BCUT2D eigenvalue weighted by atomic mass is 10.2. The molecule has 0 atom stereocenters. The maximum absolute atomic E-state index is 11.2. The van der Waals surface area contributed by atoms with Gasteiger partial charge in [0.25, 0.3) is 0 Å². The van der Waals surface area contributed by atoms with Gasteiger partial charge in [-0.1, -0.05) is 6.92 Å². The molecule has 2 rings (SSSR count). The fourth-order valence-electron chi connectivity index (χ4n) is 1.94. The molecule has 80 valence electrons. The van der Waals surface area contributed by atoms with Crippen LogP contribution in [0, 0.1) is 6.92 Å². The summed E-state index contributed by atoms with van der Waals surface area (Å²) in [5, 5.41) is 12.3. The molecular weight excluding hydrogens is 210 g/mol. The first kappa shape index (κ1) is 10.2. The SMILES string of the molecule is CCCn1c(C(=O)O)c(C)c2ccsc21. The normalized spacial score (nSPS) is 11.1. The number of rotatable bonds is 3. The largest absolute Gasteiger partial charge is 0.477 e. The van der Waals surface area contributed by atoms with E-state index in [9.17, 15) is 9.90 Å². The zero-order chi connectivity index (χ0) is 11.0. The zero-order valence-corrected chi connectivity index (χ0v) is 9.60. The van der Waals surface area contributed by atoms with E-state index in [1.807, 2.05) is 22.9 Å². The average Bonchev–Trinajstić information content (AvgIpc) is 2.71. The van der Waals surface area contributed by atoms with Gasteiger partial charge in [-0.05, 0) is 30.4 Å². The van der Waals surface area contributed by atoms with Crippen molar-refractivity contribution in [3.05, 3.63) is 22.7 Å². The number of nitrogens with zero attached hydrogens (tertiary/aromatic N) is 1. The van der Waals surface area contributed by atoms with E-state index in [2.05, 4.69) is 6.92 Å². The second-order valence-corrected chi connectivity index (χ2v) is 4.46. The quantitative estimate of drug-likeness (QED) is 0.868. The third-order valence-electron chi connectivity index (χ3n) is 2.57. The molecule has 1 N–H and O–H groups in total. The van der Waals surface area contributed by atoms with E-state index in [0.29, 0.717) is 5.69 Å². The lowest BCUT2D eigenvalue weighted by Gasteiger charge is -2.05. The molecular formula is C11H13NO2S. The summed E-state index contributed by atoms with van der Waals surface area (Å²) in [6.07, 6.45) is 0.946. The van der Waals surface area contributed by atoms with Crippen LogP contribution in [0.2, 0.25) is 0 Å². The first-order valence-corrected chi connectivity index (χ1v) is 5.84. The van der Waals surface area contributed by atoms with Crippen LogP contribution >= 0.6 is 11.3 Å². The molecule has 0 fully saturated rings. The van der Waals surface area contributed by atoms with Crippen LogP contribution in [0.5, 0.6) is 0 Å². The molecule has 0 aliphatic carbocycles. The van der Waals surface area contributed by atoms with Crippen molar-refractivity contribution in [3.8, 4) is 0 Å². The third-order valence-corrected chi connectivity index (χ3v) is 3.50. The van der Waals surface area contributed by atoms with Crippen molar-refractivity contribution in [2.75, 3.05) is 0 Å². The van der Waals surface area contributed by atoms with Crippen molar-refractivity contribution in [1.29, 1.82) is 0 Å². The standard InChI is InChI=1S/C11H13NO2S/c1-3-5-12-9(11(13)14)7(2)8-4-6-15-10(8)12/h4,6H,3,5H2,1-2H3,(H,13,14). The molecule has 0 bridgehead atoms.